The molecule has 1 aliphatic carbocycles. The Bertz CT molecular complexity index is 1620. The molecule has 0 aliphatic heterocycles. The van der Waals surface area contributed by atoms with Gasteiger partial charge in [-0.25, -0.2) is 4.68 Å². The molecule has 0 bridgehead atoms. The number of nitrogens with one attached hydrogen (secondary N) is 1. The van der Waals surface area contributed by atoms with Crippen molar-refractivity contribution >= 4 is 22.5 Å². The highest BCUT2D eigenvalue weighted by atomic mass is 35.5. The largest absolute Gasteiger partial charge is 0.321 e. The molecule has 3 aromatic carbocycles. The fraction of sp³-hybridized carbons (Fsp3) is 0.290. The number of hydrogen-bond donors (Lipinski definition) is 1. The summed E-state index contributed by atoms with van der Waals surface area (Å²) in [5, 5.41) is 14.9. The van der Waals surface area contributed by atoms with Crippen LogP contribution in [0.15, 0.2) is 83.7 Å². The van der Waals surface area contributed by atoms with Crippen molar-refractivity contribution in [1.82, 2.24) is 30.1 Å². The minimum atomic E-state index is -0.467. The van der Waals surface area contributed by atoms with E-state index >= 15 is 0 Å². The van der Waals surface area contributed by atoms with Gasteiger partial charge < -0.3 is 4.98 Å². The zero-order chi connectivity index (χ0) is 26.8. The highest BCUT2D eigenvalue weighted by molar-refractivity contribution is 6.30. The van der Waals surface area contributed by atoms with Crippen LogP contribution in [-0.2, 0) is 13.1 Å². The Morgan fingerprint density at radius 3 is 2.44 bits per heavy atom. The molecular weight excluding hydrogens is 508 g/mol. The summed E-state index contributed by atoms with van der Waals surface area (Å²) in [6.45, 7) is 3.20. The predicted molar refractivity (Wildman–Crippen MR) is 154 cm³/mol. The van der Waals surface area contributed by atoms with Gasteiger partial charge in [0.15, 0.2) is 5.82 Å². The summed E-state index contributed by atoms with van der Waals surface area (Å²) in [6, 6.07) is 26.0. The van der Waals surface area contributed by atoms with Gasteiger partial charge in [-0.1, -0.05) is 85.1 Å². The van der Waals surface area contributed by atoms with Gasteiger partial charge in [0.05, 0.1) is 11.6 Å². The van der Waals surface area contributed by atoms with Gasteiger partial charge in [-0.15, -0.1) is 5.10 Å². The quantitative estimate of drug-likeness (QED) is 0.248. The molecule has 2 heterocycles. The van der Waals surface area contributed by atoms with Crippen LogP contribution in [0, 0.1) is 6.92 Å². The second kappa shape index (κ2) is 11.1. The van der Waals surface area contributed by atoms with Gasteiger partial charge in [-0.2, -0.15) is 0 Å². The van der Waals surface area contributed by atoms with Crippen LogP contribution in [0.4, 0.5) is 0 Å². The number of hydrogen-bond acceptors (Lipinski definition) is 5. The van der Waals surface area contributed by atoms with Crippen molar-refractivity contribution in [3.05, 3.63) is 122 Å². The van der Waals surface area contributed by atoms with Crippen molar-refractivity contribution in [3.63, 3.8) is 0 Å². The van der Waals surface area contributed by atoms with Crippen molar-refractivity contribution in [2.45, 2.75) is 57.8 Å². The number of halogens is 1. The molecule has 0 amide bonds. The standard InChI is InChI=1S/C31H31ClN6O/c1-21-8-7-11-24-18-27(31(39)33-28(21)24)29(30-34-35-36-38(30)26-12-5-6-13-26)37(19-22-9-3-2-4-10-22)20-23-14-16-25(32)17-15-23/h2-4,7-11,14-18,26,29H,5-6,12-13,19-20H2,1H3,(H,33,39). The molecule has 2 aromatic heterocycles. The molecule has 8 heteroatoms. The molecule has 1 fully saturated rings. The normalized spacial score (nSPS) is 14.8. The van der Waals surface area contributed by atoms with Crippen molar-refractivity contribution in [2.75, 3.05) is 0 Å². The minimum Gasteiger partial charge on any atom is -0.321 e. The number of aromatic amines is 1. The van der Waals surface area contributed by atoms with Crippen LogP contribution in [0.25, 0.3) is 10.9 Å². The van der Waals surface area contributed by atoms with E-state index in [-0.39, 0.29) is 11.6 Å². The predicted octanol–water partition coefficient (Wildman–Crippen LogP) is 6.38. The van der Waals surface area contributed by atoms with Crippen LogP contribution in [0.1, 0.15) is 65.8 Å². The van der Waals surface area contributed by atoms with E-state index in [1.807, 2.05) is 78.3 Å². The van der Waals surface area contributed by atoms with Crippen LogP contribution in [0.3, 0.4) is 0 Å². The van der Waals surface area contributed by atoms with Crippen molar-refractivity contribution in [2.24, 2.45) is 0 Å². The lowest BCUT2D eigenvalue weighted by Gasteiger charge is -2.32. The summed E-state index contributed by atoms with van der Waals surface area (Å²) < 4.78 is 1.97. The Kier molecular flexibility index (Phi) is 7.26. The Labute approximate surface area is 232 Å². The van der Waals surface area contributed by atoms with Crippen molar-refractivity contribution in [1.29, 1.82) is 0 Å². The van der Waals surface area contributed by atoms with Gasteiger partial charge in [-0.3, -0.25) is 9.69 Å². The molecule has 0 radical (unpaired) electrons. The first-order valence-electron chi connectivity index (χ1n) is 13.5. The van der Waals surface area contributed by atoms with E-state index in [4.69, 9.17) is 11.6 Å². The number of rotatable bonds is 8. The highest BCUT2D eigenvalue weighted by Crippen LogP contribution is 2.35. The highest BCUT2D eigenvalue weighted by Gasteiger charge is 2.33. The number of pyridine rings is 1. The fourth-order valence-electron chi connectivity index (χ4n) is 5.77. The third-order valence-electron chi connectivity index (χ3n) is 7.74. The van der Waals surface area contributed by atoms with Gasteiger partial charge >= 0.3 is 0 Å². The summed E-state index contributed by atoms with van der Waals surface area (Å²) in [6.07, 6.45) is 4.38. The summed E-state index contributed by atoms with van der Waals surface area (Å²) in [5.74, 6) is 0.698. The first-order valence-corrected chi connectivity index (χ1v) is 13.9. The fourth-order valence-corrected chi connectivity index (χ4v) is 5.90. The Hall–Kier alpha value is -3.81. The SMILES string of the molecule is Cc1cccc2cc(C(c3nnnn3C3CCCC3)N(Cc3ccccc3)Cc3ccc(Cl)cc3)c(=O)[nH]c12. The zero-order valence-corrected chi connectivity index (χ0v) is 22.7. The minimum absolute atomic E-state index is 0.128. The maximum atomic E-state index is 13.8. The monoisotopic (exact) mass is 538 g/mol. The summed E-state index contributed by atoms with van der Waals surface area (Å²) >= 11 is 6.21. The number of H-pyrrole nitrogens is 1. The Morgan fingerprint density at radius 1 is 0.974 bits per heavy atom. The summed E-state index contributed by atoms with van der Waals surface area (Å²) in [4.78, 5) is 19.3. The molecule has 1 unspecified atom stereocenters. The average molecular weight is 539 g/mol. The van der Waals surface area contributed by atoms with Gasteiger partial charge in [0.2, 0.25) is 0 Å². The van der Waals surface area contributed by atoms with Crippen LogP contribution in [-0.4, -0.2) is 30.1 Å². The maximum absolute atomic E-state index is 13.8. The van der Waals surface area contributed by atoms with E-state index < -0.39 is 6.04 Å². The molecule has 0 saturated heterocycles. The summed E-state index contributed by atoms with van der Waals surface area (Å²) in [5.41, 5.74) is 4.63. The van der Waals surface area contributed by atoms with Crippen molar-refractivity contribution < 1.29 is 0 Å². The van der Waals surface area contributed by atoms with E-state index in [2.05, 4.69) is 37.5 Å². The third kappa shape index (κ3) is 5.37. The molecule has 5 aromatic rings. The molecule has 1 N–H and O–H groups in total. The number of aryl methyl sites for hydroxylation is 1. The molecule has 1 aliphatic rings. The second-order valence-electron chi connectivity index (χ2n) is 10.4. The van der Waals surface area contributed by atoms with Crippen LogP contribution in [0.2, 0.25) is 5.02 Å². The lowest BCUT2D eigenvalue weighted by Crippen LogP contribution is -2.35. The Morgan fingerprint density at radius 2 is 1.69 bits per heavy atom. The van der Waals surface area contributed by atoms with Gasteiger partial charge in [0.25, 0.3) is 5.56 Å². The van der Waals surface area contributed by atoms with Gasteiger partial charge in [0, 0.05) is 23.7 Å². The molecule has 1 atom stereocenters. The molecule has 198 valence electrons. The van der Waals surface area contributed by atoms with E-state index in [1.54, 1.807) is 0 Å². The van der Waals surface area contributed by atoms with Gasteiger partial charge in [0.1, 0.15) is 6.04 Å². The molecule has 7 nitrogen and oxygen atoms in total. The van der Waals surface area contributed by atoms with Crippen LogP contribution >= 0.6 is 11.6 Å². The van der Waals surface area contributed by atoms with Crippen molar-refractivity contribution in [3.8, 4) is 0 Å². The summed E-state index contributed by atoms with van der Waals surface area (Å²) in [7, 11) is 0. The lowest BCUT2D eigenvalue weighted by molar-refractivity contribution is 0.190. The van der Waals surface area contributed by atoms with Crippen LogP contribution < -0.4 is 5.56 Å². The Balaban J connectivity index is 1.54. The molecule has 0 spiro atoms. The lowest BCUT2D eigenvalue weighted by atomic mass is 10.00. The average Bonchev–Trinajstić information content (AvgIpc) is 3.64. The van der Waals surface area contributed by atoms with E-state index in [1.165, 1.54) is 0 Å². The molecular formula is C31H31ClN6O. The first kappa shape index (κ1) is 25.5. The number of fused-ring (bicyclic) bond motifs is 1. The van der Waals surface area contributed by atoms with Gasteiger partial charge in [-0.05, 0) is 70.5 Å². The smallest absolute Gasteiger partial charge is 0.253 e. The van der Waals surface area contributed by atoms with E-state index in [9.17, 15) is 4.79 Å². The van der Waals surface area contributed by atoms with Crippen LogP contribution in [0.5, 0.6) is 0 Å². The zero-order valence-electron chi connectivity index (χ0n) is 21.9. The van der Waals surface area contributed by atoms with E-state index in [0.717, 1.165) is 53.3 Å². The number of aromatic nitrogens is 5. The number of tetrazole rings is 1. The maximum Gasteiger partial charge on any atom is 0.253 e. The first-order chi connectivity index (χ1) is 19.1. The third-order valence-corrected chi connectivity index (χ3v) is 7.99. The van der Waals surface area contributed by atoms with E-state index in [0.29, 0.717) is 29.5 Å². The molecule has 39 heavy (non-hydrogen) atoms. The number of nitrogens with zero attached hydrogens (tertiary/aromatic N) is 5. The topological polar surface area (TPSA) is 79.7 Å². The second-order valence-corrected chi connectivity index (χ2v) is 10.9. The number of benzene rings is 3. The number of para-hydroxylation sites is 1. The molecule has 6 rings (SSSR count). The molecule has 1 saturated carbocycles.